The summed E-state index contributed by atoms with van der Waals surface area (Å²) in [5.41, 5.74) is 31.3. The van der Waals surface area contributed by atoms with Gasteiger partial charge in [-0.05, 0) is 77.8 Å². The van der Waals surface area contributed by atoms with Gasteiger partial charge in [-0.2, -0.15) is 0 Å². The van der Waals surface area contributed by atoms with E-state index in [4.69, 9.17) is 85.3 Å². The van der Waals surface area contributed by atoms with Crippen molar-refractivity contribution in [1.82, 2.24) is 0 Å². The van der Waals surface area contributed by atoms with Crippen LogP contribution in [0.15, 0.2) is 374 Å². The average molecular weight is 1840 g/mol. The first-order valence-electron chi connectivity index (χ1n) is 45.9. The lowest BCUT2D eigenvalue weighted by molar-refractivity contribution is -0.335. The third kappa shape index (κ3) is 27.2. The maximum absolute atomic E-state index is 13.4. The van der Waals surface area contributed by atoms with Crippen LogP contribution in [-0.4, -0.2) is 164 Å². The van der Waals surface area contributed by atoms with Crippen LogP contribution in [0.3, 0.4) is 0 Å². The molecule has 0 spiro atoms. The highest BCUT2D eigenvalue weighted by Gasteiger charge is 2.63. The van der Waals surface area contributed by atoms with Crippen molar-refractivity contribution in [2.45, 2.75) is 214 Å². The Morgan fingerprint density at radius 3 is 0.713 bits per heavy atom. The molecule has 5 aliphatic rings. The van der Waals surface area contributed by atoms with Gasteiger partial charge in [-0.1, -0.05) is 374 Å². The molecule has 3 aliphatic heterocycles. The number of benzene rings is 12. The second-order valence-electron chi connectivity index (χ2n) is 33.7. The van der Waals surface area contributed by atoms with Crippen LogP contribution in [0.1, 0.15) is 66.8 Å². The van der Waals surface area contributed by atoms with Crippen LogP contribution in [-0.2, 0) is 165 Å². The lowest BCUT2D eigenvalue weighted by Gasteiger charge is -2.50. The zero-order chi connectivity index (χ0) is 93.1. The largest absolute Gasteiger partial charge is 0.509 e. The fourth-order valence-electron chi connectivity index (χ4n) is 17.4. The summed E-state index contributed by atoms with van der Waals surface area (Å²) in [6, 6.07) is 114. The normalized spacial score (nSPS) is 26.2. The van der Waals surface area contributed by atoms with Crippen molar-refractivity contribution in [2.75, 3.05) is 13.2 Å². The quantitative estimate of drug-likeness (QED) is 0.0155. The van der Waals surface area contributed by atoms with E-state index in [0.29, 0.717) is 0 Å². The summed E-state index contributed by atoms with van der Waals surface area (Å²) in [4.78, 5) is 20.0. The summed E-state index contributed by atoms with van der Waals surface area (Å²) in [6.45, 7) is 2.15. The van der Waals surface area contributed by atoms with Crippen molar-refractivity contribution in [3.63, 3.8) is 0 Å². The highest BCUT2D eigenvalue weighted by molar-refractivity contribution is 5.63. The highest BCUT2D eigenvalue weighted by atomic mass is 16.8. The third-order valence-corrected chi connectivity index (χ3v) is 24.2. The maximum atomic E-state index is 13.4. The van der Waals surface area contributed by atoms with Crippen LogP contribution in [0.4, 0.5) is 4.79 Å². The molecule has 17 rings (SSSR count). The van der Waals surface area contributed by atoms with Crippen molar-refractivity contribution in [3.05, 3.63) is 452 Å². The van der Waals surface area contributed by atoms with E-state index < -0.39 is 141 Å². The zero-order valence-corrected chi connectivity index (χ0v) is 75.1. The molecule has 3 heterocycles. The Kier molecular flexibility index (Phi) is 36.4. The summed E-state index contributed by atoms with van der Waals surface area (Å²) < 4.78 is 120. The molecule has 2 N–H and O–H groups in total. The third-order valence-electron chi connectivity index (χ3n) is 24.2. The summed E-state index contributed by atoms with van der Waals surface area (Å²) in [5, 5.41) is 33.0. The van der Waals surface area contributed by atoms with E-state index in [0.717, 1.165) is 66.8 Å². The van der Waals surface area contributed by atoms with Gasteiger partial charge in [0.15, 0.2) is 24.8 Å². The Morgan fingerprint density at radius 1 is 0.243 bits per heavy atom. The Morgan fingerprint density at radius 2 is 0.441 bits per heavy atom. The van der Waals surface area contributed by atoms with Gasteiger partial charge >= 0.3 is 6.16 Å². The number of carbonyl (C=O) groups excluding carboxylic acids is 1. The fourth-order valence-corrected chi connectivity index (χ4v) is 17.4. The summed E-state index contributed by atoms with van der Waals surface area (Å²) >= 11 is 0. The molecule has 22 atom stereocenters. The fraction of sp³-hybridized carbons (Fsp3) is 0.330. The van der Waals surface area contributed by atoms with E-state index in [-0.39, 0.29) is 92.5 Å². The predicted molar refractivity (Wildman–Crippen MR) is 502 cm³/mol. The molecule has 0 amide bonds. The van der Waals surface area contributed by atoms with Gasteiger partial charge in [-0.15, -0.1) is 0 Å². The van der Waals surface area contributed by atoms with Gasteiger partial charge < -0.3 is 95.5 Å². The zero-order valence-electron chi connectivity index (χ0n) is 75.1. The Hall–Kier alpha value is -12.2. The van der Waals surface area contributed by atoms with Gasteiger partial charge in [0.2, 0.25) is 0 Å². The topological polar surface area (TPSA) is 321 Å². The molecule has 12 aromatic carbocycles. The van der Waals surface area contributed by atoms with Crippen molar-refractivity contribution < 1.29 is 100 Å². The molecule has 27 nitrogen and oxygen atoms in total. The van der Waals surface area contributed by atoms with Crippen LogP contribution in [0.5, 0.6) is 0 Å². The summed E-state index contributed by atoms with van der Waals surface area (Å²) in [6.07, 6.45) is -22.4. The Bertz CT molecular complexity index is 5570. The molecule has 0 bridgehead atoms. The number of hydrogen-bond acceptors (Lipinski definition) is 23. The maximum Gasteiger partial charge on any atom is 0.509 e. The molecule has 136 heavy (non-hydrogen) atoms. The van der Waals surface area contributed by atoms with Crippen LogP contribution >= 0.6 is 0 Å². The van der Waals surface area contributed by atoms with Crippen molar-refractivity contribution >= 4 is 6.16 Å². The van der Waals surface area contributed by atoms with Gasteiger partial charge in [0, 0.05) is 9.82 Å². The standard InChI is InChI=1S/C55H55N3O11.C54H57N3O10/c56-58-57-45-47(62-33-40-23-11-3-12-24-40)46(61-32-39-21-9-2-10-22-39)44(37-60-31-38-19-7-1-8-20-38)66-54(45)67-51-49(64-35-42-27-15-5-16-28-42)48(63-34-41-25-13-4-14-26-41)50(52-53(51)69-55(59)68-52)65-36-43-29-17-6-18-30-43;55-57-56-45-49(62-33-40-23-11-3-12-24-40)48(61-32-39-21-9-2-10-22-39)44(37-60-31-38-19-7-1-8-20-38)66-54(45)67-51-47(59)46(58)50(63-34-41-25-13-4-14-26-41)52(64-35-42-27-15-5-16-28-42)53(51)65-36-43-29-17-6-18-30-43/h1-30,44-54H,31-37H2;1-30,44-54,58-59H,31-37H2/t44?,45?,46-,47+,48?,49+,50?,51+,52-,53?,54?;44?,45?,46-,47?,48+,49-,50?,51+,52?,53+,54?/m10/s1. The molecular weight excluding hydrogens is 1730 g/mol. The van der Waals surface area contributed by atoms with Crippen LogP contribution in [0, 0.1) is 0 Å². The average Bonchev–Trinajstić information content (AvgIpc) is 1.56. The molecule has 0 radical (unpaired) electrons. The lowest BCUT2D eigenvalue weighted by atomic mass is 9.83. The second kappa shape index (κ2) is 51.1. The Labute approximate surface area is 791 Å². The first kappa shape index (κ1) is 96.9. The molecule has 12 aromatic rings. The minimum absolute atomic E-state index is 0.0321. The molecule has 0 aromatic heterocycles. The second-order valence-corrected chi connectivity index (χ2v) is 33.7. The highest BCUT2D eigenvalue weighted by Crippen LogP contribution is 2.43. The number of azide groups is 2. The number of aliphatic hydroxyl groups excluding tert-OH is 2. The van der Waals surface area contributed by atoms with Crippen LogP contribution in [0.2, 0.25) is 0 Å². The number of nitrogens with zero attached hydrogens (tertiary/aromatic N) is 6. The van der Waals surface area contributed by atoms with Gasteiger partial charge in [0.1, 0.15) is 110 Å². The van der Waals surface area contributed by atoms with E-state index in [2.05, 4.69) is 20.1 Å². The SMILES string of the molecule is [N-]=[N+]=NC1C(O[C@@H]2C(O)[C@H](O)C(OCc3ccccc3)C(OCc3ccccc3)[C@@H]2OCc2ccccc2)OC(COCc2ccccc2)[C@@H](OCc2ccccc2)[C@H]1OCc1ccccc1.[N-]=[N+]=NC1C(O[C@@H]2C3OC(=O)O[C@@H]3C(OCc3ccccc3)C(OCc3ccccc3)[C@@H]2OCc2ccccc2)OC(COCc2ccccc2)[C@@H](OCc2ccccc2)[C@H]1OCc1ccccc1. The van der Waals surface area contributed by atoms with Crippen LogP contribution < -0.4 is 0 Å². The molecule has 5 fully saturated rings. The Balaban J connectivity index is 0.000000197. The monoisotopic (exact) mass is 1840 g/mol. The van der Waals surface area contributed by atoms with E-state index in [9.17, 15) is 26.1 Å². The van der Waals surface area contributed by atoms with E-state index in [1.54, 1.807) is 0 Å². The van der Waals surface area contributed by atoms with Crippen molar-refractivity contribution in [3.8, 4) is 0 Å². The minimum atomic E-state index is -1.60. The van der Waals surface area contributed by atoms with E-state index in [1.165, 1.54) is 0 Å². The summed E-state index contributed by atoms with van der Waals surface area (Å²) in [5.74, 6) is 0. The van der Waals surface area contributed by atoms with E-state index in [1.807, 2.05) is 364 Å². The lowest BCUT2D eigenvalue weighted by Crippen LogP contribution is -2.68. The summed E-state index contributed by atoms with van der Waals surface area (Å²) in [7, 11) is 0. The molecular formula is C109H112N6O21. The van der Waals surface area contributed by atoms with Gasteiger partial charge in [0.05, 0.1) is 92.5 Å². The number of ether oxygens (including phenoxy) is 18. The van der Waals surface area contributed by atoms with Crippen molar-refractivity contribution in [2.24, 2.45) is 10.2 Å². The number of rotatable bonds is 44. The number of aliphatic hydroxyl groups is 2. The van der Waals surface area contributed by atoms with E-state index >= 15 is 0 Å². The molecule has 3 saturated heterocycles. The predicted octanol–water partition coefficient (Wildman–Crippen LogP) is 18.5. The first-order chi connectivity index (χ1) is 67.1. The van der Waals surface area contributed by atoms with Crippen molar-refractivity contribution in [1.29, 1.82) is 0 Å². The molecule has 27 heteroatoms. The number of carbonyl (C=O) groups is 1. The number of fused-ring (bicyclic) bond motifs is 1. The minimum Gasteiger partial charge on any atom is -0.424 e. The van der Waals surface area contributed by atoms with Gasteiger partial charge in [-0.3, -0.25) is 0 Å². The van der Waals surface area contributed by atoms with Gasteiger partial charge in [-0.25, -0.2) is 4.79 Å². The van der Waals surface area contributed by atoms with Crippen LogP contribution in [0.25, 0.3) is 20.9 Å². The first-order valence-corrected chi connectivity index (χ1v) is 45.9. The molecule has 704 valence electrons. The smallest absolute Gasteiger partial charge is 0.424 e. The molecule has 2 saturated carbocycles. The molecule has 12 unspecified atom stereocenters. The number of hydrogen-bond donors (Lipinski definition) is 2. The van der Waals surface area contributed by atoms with Gasteiger partial charge in [0.25, 0.3) is 0 Å². The molecule has 2 aliphatic carbocycles.